The van der Waals surface area contributed by atoms with Crippen molar-refractivity contribution in [3.63, 3.8) is 0 Å². The van der Waals surface area contributed by atoms with E-state index in [1.54, 1.807) is 48.5 Å². The van der Waals surface area contributed by atoms with Crippen LogP contribution in [-0.4, -0.2) is 37.9 Å². The van der Waals surface area contributed by atoms with Gasteiger partial charge in [-0.25, -0.2) is 4.79 Å². The first-order valence-corrected chi connectivity index (χ1v) is 8.32. The van der Waals surface area contributed by atoms with E-state index < -0.39 is 24.0 Å². The lowest BCUT2D eigenvalue weighted by Crippen LogP contribution is -2.38. The van der Waals surface area contributed by atoms with Gasteiger partial charge in [0.25, 0.3) is 5.91 Å². The van der Waals surface area contributed by atoms with Crippen LogP contribution in [0.3, 0.4) is 0 Å². The van der Waals surface area contributed by atoms with Crippen LogP contribution >= 0.6 is 0 Å². The Balaban J connectivity index is 1.98. The summed E-state index contributed by atoms with van der Waals surface area (Å²) in [5, 5.41) is 2.68. The molecule has 0 saturated heterocycles. The van der Waals surface area contributed by atoms with Crippen molar-refractivity contribution in [3.05, 3.63) is 83.9 Å². The summed E-state index contributed by atoms with van der Waals surface area (Å²) >= 11 is 0. The first-order valence-electron chi connectivity index (χ1n) is 8.32. The fourth-order valence-electron chi connectivity index (χ4n) is 2.47. The number of nitrogens with one attached hydrogen (secondary N) is 1. The lowest BCUT2D eigenvalue weighted by atomic mass is 10.1. The Hall–Kier alpha value is -3.25. The van der Waals surface area contributed by atoms with E-state index in [4.69, 9.17) is 9.47 Å². The Morgan fingerprint density at radius 3 is 2.41 bits per heavy atom. The minimum absolute atomic E-state index is 0.107. The third-order valence-corrected chi connectivity index (χ3v) is 3.89. The second kappa shape index (κ2) is 10.0. The summed E-state index contributed by atoms with van der Waals surface area (Å²) in [6.07, 6.45) is 1.21. The normalized spacial score (nSPS) is 12.5. The van der Waals surface area contributed by atoms with Crippen LogP contribution in [0, 0.1) is 0 Å². The summed E-state index contributed by atoms with van der Waals surface area (Å²) in [6, 6.07) is 14.8. The summed E-state index contributed by atoms with van der Waals surface area (Å²) in [7, 11) is 1.42. The minimum Gasteiger partial charge on any atom is -0.461 e. The molecule has 27 heavy (non-hydrogen) atoms. The highest BCUT2D eigenvalue weighted by atomic mass is 16.6. The number of rotatable bonds is 9. The summed E-state index contributed by atoms with van der Waals surface area (Å²) in [5.41, 5.74) is 1.19. The topological polar surface area (TPSA) is 81.7 Å². The molecule has 0 aliphatic rings. The molecule has 2 atom stereocenters. The number of carbonyl (C=O) groups is 3. The van der Waals surface area contributed by atoms with Crippen molar-refractivity contribution < 1.29 is 23.9 Å². The fraction of sp³-hybridized carbons (Fsp3) is 0.190. The van der Waals surface area contributed by atoms with Crippen molar-refractivity contribution in [3.8, 4) is 0 Å². The molecule has 0 fully saturated rings. The van der Waals surface area contributed by atoms with Crippen molar-refractivity contribution >= 4 is 18.2 Å². The first-order chi connectivity index (χ1) is 13.1. The maximum Gasteiger partial charge on any atom is 0.340 e. The minimum atomic E-state index is -0.858. The van der Waals surface area contributed by atoms with Crippen molar-refractivity contribution in [1.82, 2.24) is 5.32 Å². The van der Waals surface area contributed by atoms with Crippen LogP contribution in [0.15, 0.2) is 67.3 Å². The highest BCUT2D eigenvalue weighted by molar-refractivity contribution is 6.01. The van der Waals surface area contributed by atoms with Gasteiger partial charge in [-0.2, -0.15) is 0 Å². The van der Waals surface area contributed by atoms with E-state index in [1.807, 2.05) is 6.07 Å². The number of ether oxygens (including phenoxy) is 2. The number of hydrogen-bond acceptors (Lipinski definition) is 5. The summed E-state index contributed by atoms with van der Waals surface area (Å²) in [6.45, 7) is 3.54. The molecule has 140 valence electrons. The van der Waals surface area contributed by atoms with Crippen LogP contribution in [0.1, 0.15) is 32.4 Å². The Morgan fingerprint density at radius 1 is 1.11 bits per heavy atom. The van der Waals surface area contributed by atoms with Gasteiger partial charge < -0.3 is 14.8 Å². The molecule has 2 rings (SSSR count). The van der Waals surface area contributed by atoms with Crippen LogP contribution in [0.25, 0.3) is 0 Å². The highest BCUT2D eigenvalue weighted by Crippen LogP contribution is 2.18. The van der Waals surface area contributed by atoms with Gasteiger partial charge in [0.2, 0.25) is 0 Å². The molecule has 1 N–H and O–H groups in total. The number of esters is 1. The number of hydrogen-bond donors (Lipinski definition) is 1. The van der Waals surface area contributed by atoms with Crippen LogP contribution < -0.4 is 5.32 Å². The zero-order chi connectivity index (χ0) is 19.6. The summed E-state index contributed by atoms with van der Waals surface area (Å²) in [4.78, 5) is 35.7. The molecule has 0 spiro atoms. The molecular formula is C21H21NO5. The van der Waals surface area contributed by atoms with Crippen molar-refractivity contribution in [2.45, 2.75) is 12.1 Å². The lowest BCUT2D eigenvalue weighted by molar-refractivity contribution is -0.156. The average Bonchev–Trinajstić information content (AvgIpc) is 2.72. The number of methoxy groups -OCH3 is 1. The quantitative estimate of drug-likeness (QED) is 0.419. The molecule has 1 unspecified atom stereocenters. The molecule has 0 radical (unpaired) electrons. The van der Waals surface area contributed by atoms with Crippen LogP contribution in [0.2, 0.25) is 0 Å². The van der Waals surface area contributed by atoms with E-state index >= 15 is 0 Å². The Labute approximate surface area is 157 Å². The van der Waals surface area contributed by atoms with Gasteiger partial charge in [0.05, 0.1) is 6.04 Å². The maximum atomic E-state index is 12.4. The smallest absolute Gasteiger partial charge is 0.340 e. The fourth-order valence-corrected chi connectivity index (χ4v) is 2.47. The third-order valence-electron chi connectivity index (χ3n) is 3.89. The summed E-state index contributed by atoms with van der Waals surface area (Å²) < 4.78 is 10.5. The van der Waals surface area contributed by atoms with E-state index in [0.29, 0.717) is 11.8 Å². The molecule has 2 aromatic rings. The third kappa shape index (κ3) is 5.36. The number of aldehydes is 1. The first kappa shape index (κ1) is 20.1. The van der Waals surface area contributed by atoms with Crippen LogP contribution in [-0.2, 0) is 14.3 Å². The molecule has 0 aliphatic heterocycles. The van der Waals surface area contributed by atoms with E-state index in [0.717, 1.165) is 0 Å². The molecule has 0 aliphatic carbocycles. The predicted octanol–water partition coefficient (Wildman–Crippen LogP) is 2.71. The van der Waals surface area contributed by atoms with E-state index in [-0.39, 0.29) is 17.7 Å². The molecule has 1 amide bonds. The zero-order valence-corrected chi connectivity index (χ0v) is 15.0. The molecule has 0 bridgehead atoms. The van der Waals surface area contributed by atoms with Gasteiger partial charge in [0, 0.05) is 18.2 Å². The Morgan fingerprint density at radius 2 is 1.78 bits per heavy atom. The summed E-state index contributed by atoms with van der Waals surface area (Å²) in [5.74, 6) is -1.02. The Bertz CT molecular complexity index is 803. The van der Waals surface area contributed by atoms with Crippen molar-refractivity contribution in [2.75, 3.05) is 13.7 Å². The molecule has 2 aromatic carbocycles. The van der Waals surface area contributed by atoms with Crippen molar-refractivity contribution in [1.29, 1.82) is 0 Å². The molecule has 0 aromatic heterocycles. The Kier molecular flexibility index (Phi) is 7.46. The average molecular weight is 367 g/mol. The van der Waals surface area contributed by atoms with Gasteiger partial charge in [-0.1, -0.05) is 54.6 Å². The number of carbonyl (C=O) groups excluding carboxylic acids is 3. The predicted molar refractivity (Wildman–Crippen MR) is 100 cm³/mol. The molecule has 0 saturated carbocycles. The maximum absolute atomic E-state index is 12.4. The largest absolute Gasteiger partial charge is 0.461 e. The molecule has 0 heterocycles. The van der Waals surface area contributed by atoms with E-state index in [9.17, 15) is 14.4 Å². The van der Waals surface area contributed by atoms with Crippen LogP contribution in [0.4, 0.5) is 0 Å². The SMILES string of the molecule is C=CC(COC(=O)[C@@H](OC)c1ccccc1)NC(=O)c1ccccc1C=O. The van der Waals surface area contributed by atoms with Gasteiger partial charge in [-0.3, -0.25) is 9.59 Å². The van der Waals surface area contributed by atoms with E-state index in [2.05, 4.69) is 11.9 Å². The molecule has 6 heteroatoms. The second-order valence-corrected chi connectivity index (χ2v) is 5.68. The molecular weight excluding hydrogens is 346 g/mol. The van der Waals surface area contributed by atoms with Crippen LogP contribution in [0.5, 0.6) is 0 Å². The van der Waals surface area contributed by atoms with Gasteiger partial charge in [0.15, 0.2) is 12.4 Å². The van der Waals surface area contributed by atoms with E-state index in [1.165, 1.54) is 13.2 Å². The standard InChI is InChI=1S/C21H21NO5/c1-3-17(22-20(24)18-12-8-7-11-16(18)13-23)14-27-21(25)19(26-2)15-9-5-4-6-10-15/h3-13,17,19H,1,14H2,2H3,(H,22,24)/t17?,19-/m0/s1. The van der Waals surface area contributed by atoms with Gasteiger partial charge >= 0.3 is 5.97 Å². The van der Waals surface area contributed by atoms with Gasteiger partial charge in [-0.05, 0) is 11.6 Å². The highest BCUT2D eigenvalue weighted by Gasteiger charge is 2.23. The van der Waals surface area contributed by atoms with Gasteiger partial charge in [0.1, 0.15) is 6.61 Å². The zero-order valence-electron chi connectivity index (χ0n) is 15.0. The molecule has 6 nitrogen and oxygen atoms in total. The van der Waals surface area contributed by atoms with Crippen molar-refractivity contribution in [2.24, 2.45) is 0 Å². The lowest BCUT2D eigenvalue weighted by Gasteiger charge is -2.19. The monoisotopic (exact) mass is 367 g/mol. The second-order valence-electron chi connectivity index (χ2n) is 5.68. The number of benzene rings is 2. The van der Waals surface area contributed by atoms with Gasteiger partial charge in [-0.15, -0.1) is 6.58 Å². The number of amides is 1.